The van der Waals surface area contributed by atoms with Crippen LogP contribution in [0.2, 0.25) is 0 Å². The van der Waals surface area contributed by atoms with Crippen LogP contribution in [0.25, 0.3) is 0 Å². The first kappa shape index (κ1) is 24.4. The zero-order valence-electron chi connectivity index (χ0n) is 17.2. The van der Waals surface area contributed by atoms with Crippen molar-refractivity contribution < 1.29 is 4.79 Å². The van der Waals surface area contributed by atoms with Crippen LogP contribution in [0.3, 0.4) is 0 Å². The average molecular weight is 494 g/mol. The molecule has 7 nitrogen and oxygen atoms in total. The molecule has 0 saturated carbocycles. The Balaban J connectivity index is 0.00000364. The molecule has 2 rings (SSSR count). The van der Waals surface area contributed by atoms with E-state index in [4.69, 9.17) is 0 Å². The molecule has 27 heavy (non-hydrogen) atoms. The number of halogens is 1. The summed E-state index contributed by atoms with van der Waals surface area (Å²) in [6.07, 6.45) is 5.08. The Labute approximate surface area is 182 Å². The fraction of sp³-hybridized carbons (Fsp3) is 0.895. The van der Waals surface area contributed by atoms with Crippen molar-refractivity contribution in [2.24, 2.45) is 4.99 Å². The lowest BCUT2D eigenvalue weighted by Gasteiger charge is -2.20. The first-order chi connectivity index (χ1) is 12.7. The van der Waals surface area contributed by atoms with Crippen LogP contribution in [0, 0.1) is 0 Å². The van der Waals surface area contributed by atoms with E-state index in [0.717, 1.165) is 70.9 Å². The van der Waals surface area contributed by atoms with E-state index in [1.54, 1.807) is 0 Å². The van der Waals surface area contributed by atoms with E-state index in [0.29, 0.717) is 5.91 Å². The lowest BCUT2D eigenvalue weighted by Crippen LogP contribution is -2.39. The molecule has 2 heterocycles. The van der Waals surface area contributed by atoms with E-state index in [-0.39, 0.29) is 24.0 Å². The maximum atomic E-state index is 11.6. The Kier molecular flexibility index (Phi) is 13.0. The lowest BCUT2D eigenvalue weighted by atomic mass is 10.3. The van der Waals surface area contributed by atoms with Gasteiger partial charge in [0.25, 0.3) is 0 Å². The van der Waals surface area contributed by atoms with Gasteiger partial charge in [0.1, 0.15) is 0 Å². The van der Waals surface area contributed by atoms with E-state index in [1.165, 1.54) is 32.6 Å². The van der Waals surface area contributed by atoms with Crippen molar-refractivity contribution in [1.29, 1.82) is 0 Å². The Morgan fingerprint density at radius 1 is 1.04 bits per heavy atom. The van der Waals surface area contributed by atoms with E-state index in [1.807, 2.05) is 4.90 Å². The molecule has 1 amide bonds. The number of rotatable bonds is 9. The minimum Gasteiger partial charge on any atom is -0.357 e. The fourth-order valence-corrected chi connectivity index (χ4v) is 3.57. The molecule has 0 unspecified atom stereocenters. The highest BCUT2D eigenvalue weighted by Crippen LogP contribution is 2.09. The third-order valence-electron chi connectivity index (χ3n) is 5.13. The number of hydrogen-bond acceptors (Lipinski definition) is 4. The summed E-state index contributed by atoms with van der Waals surface area (Å²) in [5.41, 5.74) is 0. The molecule has 0 atom stereocenters. The predicted molar refractivity (Wildman–Crippen MR) is 123 cm³/mol. The number of carbonyl (C=O) groups is 1. The quantitative estimate of drug-likeness (QED) is 0.218. The molecule has 0 spiro atoms. The van der Waals surface area contributed by atoms with Crippen LogP contribution in [-0.2, 0) is 4.79 Å². The molecule has 2 N–H and O–H groups in total. The Morgan fingerprint density at radius 3 is 2.63 bits per heavy atom. The first-order valence-electron chi connectivity index (χ1n) is 10.4. The van der Waals surface area contributed by atoms with Gasteiger partial charge in [0.15, 0.2) is 5.96 Å². The van der Waals surface area contributed by atoms with Crippen molar-refractivity contribution in [2.45, 2.75) is 39.0 Å². The van der Waals surface area contributed by atoms with Crippen molar-refractivity contribution in [2.75, 3.05) is 72.5 Å². The Morgan fingerprint density at radius 2 is 1.89 bits per heavy atom. The van der Waals surface area contributed by atoms with Crippen LogP contribution in [-0.4, -0.2) is 99.1 Å². The molecule has 8 heteroatoms. The average Bonchev–Trinajstić information content (AvgIpc) is 2.92. The van der Waals surface area contributed by atoms with E-state index in [9.17, 15) is 4.79 Å². The third-order valence-corrected chi connectivity index (χ3v) is 5.13. The van der Waals surface area contributed by atoms with Gasteiger partial charge in [-0.1, -0.05) is 0 Å². The number of aliphatic imine (C=N–C) groups is 1. The van der Waals surface area contributed by atoms with Gasteiger partial charge < -0.3 is 25.3 Å². The minimum absolute atomic E-state index is 0. The van der Waals surface area contributed by atoms with Gasteiger partial charge in [-0.15, -0.1) is 24.0 Å². The van der Waals surface area contributed by atoms with Crippen LogP contribution in [0.4, 0.5) is 0 Å². The Hall–Kier alpha value is -0.610. The van der Waals surface area contributed by atoms with Crippen molar-refractivity contribution in [3.63, 3.8) is 0 Å². The lowest BCUT2D eigenvalue weighted by molar-refractivity contribution is -0.127. The van der Waals surface area contributed by atoms with Crippen LogP contribution in [0.1, 0.15) is 39.0 Å². The van der Waals surface area contributed by atoms with E-state index in [2.05, 4.69) is 39.4 Å². The number of likely N-dealkylation sites (tertiary alicyclic amines) is 1. The van der Waals surface area contributed by atoms with Gasteiger partial charge in [-0.05, 0) is 59.3 Å². The van der Waals surface area contributed by atoms with Gasteiger partial charge in [0.2, 0.25) is 5.91 Å². The zero-order chi connectivity index (χ0) is 18.6. The summed E-state index contributed by atoms with van der Waals surface area (Å²) in [6, 6.07) is 0. The molecule has 0 radical (unpaired) electrons. The maximum Gasteiger partial charge on any atom is 0.222 e. The summed E-state index contributed by atoms with van der Waals surface area (Å²) >= 11 is 0. The largest absolute Gasteiger partial charge is 0.357 e. The molecule has 158 valence electrons. The number of hydrogen-bond donors (Lipinski definition) is 2. The highest BCUT2D eigenvalue weighted by molar-refractivity contribution is 14.0. The fourth-order valence-electron chi connectivity index (χ4n) is 3.57. The molecule has 2 fully saturated rings. The van der Waals surface area contributed by atoms with E-state index >= 15 is 0 Å². The van der Waals surface area contributed by atoms with Gasteiger partial charge in [-0.2, -0.15) is 0 Å². The monoisotopic (exact) mass is 494 g/mol. The topological polar surface area (TPSA) is 63.2 Å². The third kappa shape index (κ3) is 9.94. The number of likely N-dealkylation sites (N-methyl/N-ethyl adjacent to an activating group) is 1. The summed E-state index contributed by atoms with van der Waals surface area (Å²) in [6.45, 7) is 12.4. The number of amides is 1. The van der Waals surface area contributed by atoms with Gasteiger partial charge in [-0.3, -0.25) is 9.79 Å². The summed E-state index contributed by atoms with van der Waals surface area (Å²) in [5, 5.41) is 6.76. The zero-order valence-corrected chi connectivity index (χ0v) is 19.5. The first-order valence-corrected chi connectivity index (χ1v) is 10.4. The second kappa shape index (κ2) is 14.4. The number of nitrogens with one attached hydrogen (secondary N) is 2. The smallest absolute Gasteiger partial charge is 0.222 e. The normalized spacial score (nSPS) is 19.7. The van der Waals surface area contributed by atoms with Gasteiger partial charge in [-0.25, -0.2) is 0 Å². The van der Waals surface area contributed by atoms with Crippen molar-refractivity contribution in [3.8, 4) is 0 Å². The molecule has 0 aromatic heterocycles. The number of carbonyl (C=O) groups excluding carboxylic acids is 1. The van der Waals surface area contributed by atoms with Crippen LogP contribution >= 0.6 is 24.0 Å². The van der Waals surface area contributed by atoms with Crippen LogP contribution < -0.4 is 10.6 Å². The maximum absolute atomic E-state index is 11.6. The second-order valence-corrected chi connectivity index (χ2v) is 7.38. The van der Waals surface area contributed by atoms with Gasteiger partial charge in [0, 0.05) is 52.2 Å². The SMILES string of the molecule is CCNC(=NCCCN1CCCC1=O)NCCCN1CCCN(C)CC1.I. The number of nitrogens with zero attached hydrogens (tertiary/aromatic N) is 4. The molecule has 2 aliphatic rings. The highest BCUT2D eigenvalue weighted by Gasteiger charge is 2.18. The highest BCUT2D eigenvalue weighted by atomic mass is 127. The molecule has 0 aromatic rings. The molecular weight excluding hydrogens is 455 g/mol. The molecule has 0 aromatic carbocycles. The standard InChI is InChI=1S/C19H38N6O.HI/c1-3-20-19(22-10-6-15-25-14-4-8-18(25)26)21-9-5-12-24-13-7-11-23(2)16-17-24;/h3-17H2,1-2H3,(H2,20,21,22);1H. The molecular formula is C19H39IN6O. The van der Waals surface area contributed by atoms with Gasteiger partial charge >= 0.3 is 0 Å². The summed E-state index contributed by atoms with van der Waals surface area (Å²) in [4.78, 5) is 23.2. The van der Waals surface area contributed by atoms with Crippen molar-refractivity contribution in [1.82, 2.24) is 25.3 Å². The summed E-state index contributed by atoms with van der Waals surface area (Å²) in [7, 11) is 2.21. The predicted octanol–water partition coefficient (Wildman–Crippen LogP) is 1.20. The minimum atomic E-state index is 0. The van der Waals surface area contributed by atoms with Crippen molar-refractivity contribution >= 4 is 35.8 Å². The molecule has 0 bridgehead atoms. The molecule has 0 aliphatic carbocycles. The summed E-state index contributed by atoms with van der Waals surface area (Å²) in [5.74, 6) is 1.20. The van der Waals surface area contributed by atoms with Gasteiger partial charge in [0.05, 0.1) is 0 Å². The second-order valence-electron chi connectivity index (χ2n) is 7.38. The molecule has 2 saturated heterocycles. The Bertz CT molecular complexity index is 448. The van der Waals surface area contributed by atoms with E-state index < -0.39 is 0 Å². The van der Waals surface area contributed by atoms with Crippen molar-refractivity contribution in [3.05, 3.63) is 0 Å². The van der Waals surface area contributed by atoms with Crippen LogP contribution in [0.15, 0.2) is 4.99 Å². The number of guanidine groups is 1. The summed E-state index contributed by atoms with van der Waals surface area (Å²) < 4.78 is 0. The van der Waals surface area contributed by atoms with Crippen LogP contribution in [0.5, 0.6) is 0 Å². The molecule has 2 aliphatic heterocycles.